The Hall–Kier alpha value is -1.15. The first-order valence-electron chi connectivity index (χ1n) is 19.4. The number of hydrogen-bond acceptors (Lipinski definition) is 6. The molecule has 2 N–H and O–H groups in total. The predicted octanol–water partition coefficient (Wildman–Crippen LogP) is 8.96. The van der Waals surface area contributed by atoms with Gasteiger partial charge in [0.2, 0.25) is 0 Å². The van der Waals surface area contributed by atoms with Gasteiger partial charge in [-0.1, -0.05) is 66.2 Å². The number of nitrogens with two attached hydrogens (primary N) is 1. The van der Waals surface area contributed by atoms with Crippen LogP contribution in [0, 0.1) is 57.2 Å². The molecule has 48 heavy (non-hydrogen) atoms. The van der Waals surface area contributed by atoms with E-state index in [1.165, 1.54) is 31.4 Å². The summed E-state index contributed by atoms with van der Waals surface area (Å²) in [6.45, 7) is 22.6. The summed E-state index contributed by atoms with van der Waals surface area (Å²) in [5.74, 6) is 4.43. The second-order valence-electron chi connectivity index (χ2n) is 19.0. The molecule has 3 aliphatic heterocycles. The van der Waals surface area contributed by atoms with E-state index in [2.05, 4.69) is 108 Å². The third-order valence-corrected chi connectivity index (χ3v) is 17.2. The van der Waals surface area contributed by atoms with Gasteiger partial charge in [0.1, 0.15) is 11.4 Å². The van der Waals surface area contributed by atoms with E-state index in [0.29, 0.717) is 48.7 Å². The molecular formula is C41H62BrN3O3. The van der Waals surface area contributed by atoms with Crippen LogP contribution in [0.1, 0.15) is 114 Å². The van der Waals surface area contributed by atoms with Crippen LogP contribution in [-0.4, -0.2) is 53.8 Å². The lowest BCUT2D eigenvalue weighted by Gasteiger charge is -2.78. The van der Waals surface area contributed by atoms with Crippen LogP contribution in [0.4, 0.5) is 0 Å². The van der Waals surface area contributed by atoms with Crippen LogP contribution in [0.5, 0.6) is 0 Å². The number of hydrazone groups is 1. The van der Waals surface area contributed by atoms with Crippen LogP contribution in [0.2, 0.25) is 0 Å². The maximum Gasteiger partial charge on any atom is 0.122 e. The zero-order valence-corrected chi connectivity index (χ0v) is 32.7. The van der Waals surface area contributed by atoms with Gasteiger partial charge in [0.05, 0.1) is 42.0 Å². The summed E-state index contributed by atoms with van der Waals surface area (Å²) >= 11 is 3.99. The van der Waals surface area contributed by atoms with Crippen molar-refractivity contribution in [3.63, 3.8) is 0 Å². The van der Waals surface area contributed by atoms with Crippen LogP contribution in [0.25, 0.3) is 0 Å². The first-order valence-corrected chi connectivity index (χ1v) is 20.2. The molecule has 8 aliphatic rings. The number of ether oxygens (including phenoxy) is 3. The minimum Gasteiger partial charge on any atom is -0.490 e. The largest absolute Gasteiger partial charge is 0.490 e. The Kier molecular flexibility index (Phi) is 7.74. The average Bonchev–Trinajstić information content (AvgIpc) is 3.23. The molecule has 1 spiro atoms. The molecule has 0 aromatic carbocycles. The topological polar surface area (TPSA) is 69.3 Å². The van der Waals surface area contributed by atoms with E-state index in [0.717, 1.165) is 30.3 Å². The van der Waals surface area contributed by atoms with Crippen LogP contribution >= 0.6 is 15.9 Å². The lowest BCUT2D eigenvalue weighted by molar-refractivity contribution is -0.310. The van der Waals surface area contributed by atoms with E-state index >= 15 is 0 Å². The fourth-order valence-electron chi connectivity index (χ4n) is 12.9. The smallest absolute Gasteiger partial charge is 0.122 e. The molecule has 6 nitrogen and oxygen atoms in total. The summed E-state index contributed by atoms with van der Waals surface area (Å²) in [5.41, 5.74) is 8.42. The number of fused-ring (bicyclic) bond motifs is 2. The third kappa shape index (κ3) is 4.11. The summed E-state index contributed by atoms with van der Waals surface area (Å²) in [5, 5.41) is 7.42. The molecule has 2 saturated heterocycles. The molecule has 5 aliphatic carbocycles. The molecule has 0 aromatic rings. The maximum absolute atomic E-state index is 7.17. The average molecular weight is 725 g/mol. The second kappa shape index (κ2) is 10.9. The van der Waals surface area contributed by atoms with Crippen molar-refractivity contribution in [2.75, 3.05) is 13.2 Å². The van der Waals surface area contributed by atoms with Gasteiger partial charge in [-0.25, -0.2) is 0 Å². The molecule has 2 bridgehead atoms. The maximum atomic E-state index is 7.17. The van der Waals surface area contributed by atoms with Crippen molar-refractivity contribution < 1.29 is 14.2 Å². The van der Waals surface area contributed by atoms with E-state index in [9.17, 15) is 0 Å². The van der Waals surface area contributed by atoms with E-state index in [-0.39, 0.29) is 45.5 Å². The Balaban J connectivity index is 1.22. The monoisotopic (exact) mass is 723 g/mol. The van der Waals surface area contributed by atoms with Gasteiger partial charge < -0.3 is 19.9 Å². The van der Waals surface area contributed by atoms with E-state index in [1.54, 1.807) is 5.57 Å². The molecule has 0 radical (unpaired) electrons. The first kappa shape index (κ1) is 34.0. The summed E-state index contributed by atoms with van der Waals surface area (Å²) in [6, 6.07) is 0.0741. The van der Waals surface area contributed by atoms with E-state index in [1.807, 2.05) is 0 Å². The minimum absolute atomic E-state index is 0.0236. The van der Waals surface area contributed by atoms with Crippen molar-refractivity contribution in [2.24, 2.45) is 68.0 Å². The summed E-state index contributed by atoms with van der Waals surface area (Å²) in [7, 11) is 0. The predicted molar refractivity (Wildman–Crippen MR) is 196 cm³/mol. The molecule has 13 atom stereocenters. The molecular weight excluding hydrogens is 662 g/mol. The van der Waals surface area contributed by atoms with Gasteiger partial charge in [0.25, 0.3) is 0 Å². The van der Waals surface area contributed by atoms with Gasteiger partial charge in [0, 0.05) is 28.0 Å². The summed E-state index contributed by atoms with van der Waals surface area (Å²) in [4.78, 5) is 0. The van der Waals surface area contributed by atoms with Gasteiger partial charge in [-0.3, -0.25) is 5.01 Å². The zero-order valence-electron chi connectivity index (χ0n) is 31.2. The van der Waals surface area contributed by atoms with Crippen LogP contribution in [0.3, 0.4) is 0 Å². The fraction of sp³-hybridized carbons (Fsp3) is 0.829. The minimum atomic E-state index is -0.413. The SMILES string of the molecule is CC(C)C(C)C12CCC3(C)C4CCC5C6(C)COC(C)C5(CC(N5N=CCCC=C5Br)C6OCC(C)(N)C(C)C)C4=CCC34C=C(O1)C24. The van der Waals surface area contributed by atoms with Crippen molar-refractivity contribution in [1.82, 2.24) is 5.01 Å². The van der Waals surface area contributed by atoms with Gasteiger partial charge >= 0.3 is 0 Å². The van der Waals surface area contributed by atoms with Crippen molar-refractivity contribution in [3.05, 3.63) is 34.2 Å². The van der Waals surface area contributed by atoms with Crippen LogP contribution in [0.15, 0.2) is 39.3 Å². The lowest BCUT2D eigenvalue weighted by atomic mass is 9.31. The molecule has 0 aromatic heterocycles. The Labute approximate surface area is 298 Å². The second-order valence-corrected chi connectivity index (χ2v) is 19.8. The summed E-state index contributed by atoms with van der Waals surface area (Å²) in [6.07, 6.45) is 18.8. The quantitative estimate of drug-likeness (QED) is 0.210. The highest BCUT2D eigenvalue weighted by Crippen LogP contribution is 2.81. The van der Waals surface area contributed by atoms with Crippen molar-refractivity contribution in [2.45, 2.75) is 143 Å². The van der Waals surface area contributed by atoms with Gasteiger partial charge in [-0.15, -0.1) is 0 Å². The number of rotatable bonds is 7. The highest BCUT2D eigenvalue weighted by molar-refractivity contribution is 9.11. The molecule has 3 heterocycles. The Morgan fingerprint density at radius 3 is 2.60 bits per heavy atom. The van der Waals surface area contributed by atoms with Crippen molar-refractivity contribution in [1.29, 1.82) is 0 Å². The normalized spacial score (nSPS) is 48.9. The number of halogens is 1. The Bertz CT molecular complexity index is 1470. The number of allylic oxidation sites excluding steroid dienone is 3. The molecule has 0 amide bonds. The number of hydrogen-bond donors (Lipinski definition) is 1. The Morgan fingerprint density at radius 2 is 1.90 bits per heavy atom. The van der Waals surface area contributed by atoms with Gasteiger partial charge in [0.15, 0.2) is 0 Å². The molecule has 13 unspecified atom stereocenters. The lowest BCUT2D eigenvalue weighted by Crippen LogP contribution is -2.77. The van der Waals surface area contributed by atoms with Crippen molar-refractivity contribution in [3.8, 4) is 0 Å². The highest BCUT2D eigenvalue weighted by Gasteiger charge is 2.79. The zero-order chi connectivity index (χ0) is 34.2. The highest BCUT2D eigenvalue weighted by atomic mass is 79.9. The molecule has 7 heteroatoms. The van der Waals surface area contributed by atoms with Crippen LogP contribution in [-0.2, 0) is 14.2 Å². The molecule has 266 valence electrons. The van der Waals surface area contributed by atoms with Gasteiger partial charge in [-0.2, -0.15) is 5.10 Å². The van der Waals surface area contributed by atoms with Crippen molar-refractivity contribution >= 4 is 22.1 Å². The van der Waals surface area contributed by atoms with Gasteiger partial charge in [-0.05, 0) is 122 Å². The van der Waals surface area contributed by atoms with E-state index < -0.39 is 5.54 Å². The third-order valence-electron chi connectivity index (χ3n) is 16.5. The molecule has 8 rings (SSSR count). The first-order chi connectivity index (χ1) is 22.6. The number of nitrogens with zero attached hydrogens (tertiary/aromatic N) is 2. The fourth-order valence-corrected chi connectivity index (χ4v) is 13.5. The van der Waals surface area contributed by atoms with E-state index in [4.69, 9.17) is 25.0 Å². The molecule has 3 saturated carbocycles. The molecule has 5 fully saturated rings. The standard InChI is InChI=1S/C41H62BrN3O3/c1-24(2)26(5)41-18-17-37(8)28-13-14-32-36(7)22-46-27(6)40(32,29(28)15-16-39(37)21-31(48-41)34(39)41)20-30(45-33(42)12-10-11-19-44-45)35(36)47-23-38(9,43)25(3)4/h12,15,19,21,24-28,30,32,34-35H,10-11,13-14,16-18,20,22-23,43H2,1-9H3. The Morgan fingerprint density at radius 1 is 1.12 bits per heavy atom. The summed E-state index contributed by atoms with van der Waals surface area (Å²) < 4.78 is 22.0. The van der Waals surface area contributed by atoms with Crippen LogP contribution < -0.4 is 5.73 Å².